The summed E-state index contributed by atoms with van der Waals surface area (Å²) in [5.41, 5.74) is -0.545. The van der Waals surface area contributed by atoms with Crippen LogP contribution in [0.1, 0.15) is 26.2 Å². The van der Waals surface area contributed by atoms with Crippen molar-refractivity contribution in [1.29, 1.82) is 0 Å². The van der Waals surface area contributed by atoms with E-state index in [1.807, 2.05) is 6.92 Å². The Kier molecular flexibility index (Phi) is 1.94. The normalized spacial score (nSPS) is 32.4. The SMILES string of the molecule is CCC1(CO)CCC(=O)O1. The van der Waals surface area contributed by atoms with E-state index in [0.717, 1.165) is 0 Å². The topological polar surface area (TPSA) is 46.5 Å². The van der Waals surface area contributed by atoms with E-state index in [0.29, 0.717) is 19.3 Å². The molecule has 3 heteroatoms. The maximum atomic E-state index is 10.6. The van der Waals surface area contributed by atoms with E-state index >= 15 is 0 Å². The molecular formula is C7H12O3. The first-order valence-corrected chi connectivity index (χ1v) is 3.55. The molecule has 0 aromatic carbocycles. The van der Waals surface area contributed by atoms with Gasteiger partial charge in [0.05, 0.1) is 6.61 Å². The fraction of sp³-hybridized carbons (Fsp3) is 0.857. The Morgan fingerprint density at radius 1 is 1.80 bits per heavy atom. The number of hydrogen-bond acceptors (Lipinski definition) is 3. The summed E-state index contributed by atoms with van der Waals surface area (Å²) in [4.78, 5) is 10.6. The second-order valence-electron chi connectivity index (χ2n) is 2.67. The first-order valence-electron chi connectivity index (χ1n) is 3.55. The molecule has 1 unspecified atom stereocenters. The van der Waals surface area contributed by atoms with E-state index in [-0.39, 0.29) is 12.6 Å². The summed E-state index contributed by atoms with van der Waals surface area (Å²) < 4.78 is 4.96. The van der Waals surface area contributed by atoms with E-state index in [1.165, 1.54) is 0 Å². The van der Waals surface area contributed by atoms with Crippen LogP contribution in [0.3, 0.4) is 0 Å². The highest BCUT2D eigenvalue weighted by Gasteiger charge is 2.37. The number of hydrogen-bond donors (Lipinski definition) is 1. The lowest BCUT2D eigenvalue weighted by atomic mass is 9.98. The predicted molar refractivity (Wildman–Crippen MR) is 35.4 cm³/mol. The van der Waals surface area contributed by atoms with Gasteiger partial charge in [0.15, 0.2) is 0 Å². The van der Waals surface area contributed by atoms with Crippen molar-refractivity contribution in [1.82, 2.24) is 0 Å². The van der Waals surface area contributed by atoms with Gasteiger partial charge in [0.25, 0.3) is 0 Å². The Labute approximate surface area is 60.0 Å². The van der Waals surface area contributed by atoms with Crippen molar-refractivity contribution >= 4 is 5.97 Å². The zero-order valence-electron chi connectivity index (χ0n) is 6.09. The highest BCUT2D eigenvalue weighted by Crippen LogP contribution is 2.28. The van der Waals surface area contributed by atoms with Gasteiger partial charge in [0.1, 0.15) is 5.60 Å². The second-order valence-corrected chi connectivity index (χ2v) is 2.67. The minimum atomic E-state index is -0.545. The van der Waals surface area contributed by atoms with Gasteiger partial charge >= 0.3 is 5.97 Å². The van der Waals surface area contributed by atoms with Crippen LogP contribution in [0.15, 0.2) is 0 Å². The van der Waals surface area contributed by atoms with Crippen molar-refractivity contribution in [2.45, 2.75) is 31.8 Å². The van der Waals surface area contributed by atoms with Gasteiger partial charge in [-0.3, -0.25) is 4.79 Å². The Morgan fingerprint density at radius 3 is 2.70 bits per heavy atom. The summed E-state index contributed by atoms with van der Waals surface area (Å²) in [7, 11) is 0. The van der Waals surface area contributed by atoms with Crippen LogP contribution in [0.5, 0.6) is 0 Å². The predicted octanol–water partition coefficient (Wildman–Crippen LogP) is 0.464. The van der Waals surface area contributed by atoms with E-state index < -0.39 is 5.60 Å². The zero-order valence-corrected chi connectivity index (χ0v) is 6.09. The van der Waals surface area contributed by atoms with Gasteiger partial charge in [-0.1, -0.05) is 6.92 Å². The van der Waals surface area contributed by atoms with Crippen LogP contribution >= 0.6 is 0 Å². The number of carbonyl (C=O) groups is 1. The molecule has 0 aliphatic carbocycles. The third kappa shape index (κ3) is 1.14. The van der Waals surface area contributed by atoms with Crippen molar-refractivity contribution < 1.29 is 14.6 Å². The number of cyclic esters (lactones) is 1. The molecule has 1 fully saturated rings. The molecule has 58 valence electrons. The van der Waals surface area contributed by atoms with Crippen LogP contribution in [0.25, 0.3) is 0 Å². The molecule has 10 heavy (non-hydrogen) atoms. The molecule has 0 saturated carbocycles. The fourth-order valence-corrected chi connectivity index (χ4v) is 1.15. The van der Waals surface area contributed by atoms with Gasteiger partial charge in [-0.15, -0.1) is 0 Å². The molecule has 0 spiro atoms. The average Bonchev–Trinajstić information content (AvgIpc) is 2.33. The molecule has 1 aliphatic rings. The maximum absolute atomic E-state index is 10.6. The van der Waals surface area contributed by atoms with Crippen LogP contribution in [0.4, 0.5) is 0 Å². The summed E-state index contributed by atoms with van der Waals surface area (Å²) in [5.74, 6) is -0.184. The number of aliphatic hydroxyl groups is 1. The summed E-state index contributed by atoms with van der Waals surface area (Å²) >= 11 is 0. The zero-order chi connectivity index (χ0) is 7.61. The van der Waals surface area contributed by atoms with Crippen LogP contribution in [0, 0.1) is 0 Å². The molecule has 1 atom stereocenters. The Balaban J connectivity index is 2.59. The van der Waals surface area contributed by atoms with Gasteiger partial charge in [-0.25, -0.2) is 0 Å². The van der Waals surface area contributed by atoms with Crippen molar-refractivity contribution in [3.05, 3.63) is 0 Å². The number of carbonyl (C=O) groups excluding carboxylic acids is 1. The molecule has 0 aromatic rings. The molecule has 1 heterocycles. The van der Waals surface area contributed by atoms with Crippen molar-refractivity contribution in [2.24, 2.45) is 0 Å². The van der Waals surface area contributed by atoms with Gasteiger partial charge in [-0.2, -0.15) is 0 Å². The van der Waals surface area contributed by atoms with E-state index in [1.54, 1.807) is 0 Å². The molecule has 3 nitrogen and oxygen atoms in total. The molecule has 1 rings (SSSR count). The van der Waals surface area contributed by atoms with Crippen molar-refractivity contribution in [3.8, 4) is 0 Å². The molecule has 0 bridgehead atoms. The Hall–Kier alpha value is -0.570. The number of ether oxygens (including phenoxy) is 1. The summed E-state index contributed by atoms with van der Waals surface area (Å²) in [5, 5.41) is 8.86. The number of esters is 1. The smallest absolute Gasteiger partial charge is 0.306 e. The summed E-state index contributed by atoms with van der Waals surface area (Å²) in [6, 6.07) is 0. The Morgan fingerprint density at radius 2 is 2.50 bits per heavy atom. The first-order chi connectivity index (χ1) is 4.72. The monoisotopic (exact) mass is 144 g/mol. The van der Waals surface area contributed by atoms with Crippen molar-refractivity contribution in [3.63, 3.8) is 0 Å². The van der Waals surface area contributed by atoms with E-state index in [2.05, 4.69) is 0 Å². The molecular weight excluding hydrogens is 132 g/mol. The van der Waals surface area contributed by atoms with Crippen molar-refractivity contribution in [2.75, 3.05) is 6.61 Å². The molecule has 1 aliphatic heterocycles. The lowest BCUT2D eigenvalue weighted by Crippen LogP contribution is -2.31. The molecule has 0 amide bonds. The first kappa shape index (κ1) is 7.54. The quantitative estimate of drug-likeness (QED) is 0.573. The van der Waals surface area contributed by atoms with Crippen LogP contribution in [-0.4, -0.2) is 23.3 Å². The highest BCUT2D eigenvalue weighted by atomic mass is 16.6. The third-order valence-corrected chi connectivity index (χ3v) is 2.05. The molecule has 1 N–H and O–H groups in total. The summed E-state index contributed by atoms with van der Waals surface area (Å²) in [6.07, 6.45) is 1.82. The minimum Gasteiger partial charge on any atom is -0.457 e. The maximum Gasteiger partial charge on any atom is 0.306 e. The van der Waals surface area contributed by atoms with Crippen LogP contribution < -0.4 is 0 Å². The van der Waals surface area contributed by atoms with Gasteiger partial charge in [0.2, 0.25) is 0 Å². The number of rotatable bonds is 2. The second kappa shape index (κ2) is 2.58. The molecule has 1 saturated heterocycles. The minimum absolute atomic E-state index is 0.0464. The van der Waals surface area contributed by atoms with Gasteiger partial charge in [-0.05, 0) is 12.8 Å². The molecule has 0 aromatic heterocycles. The summed E-state index contributed by atoms with van der Waals surface area (Å²) in [6.45, 7) is 1.87. The highest BCUT2D eigenvalue weighted by molar-refractivity contribution is 5.72. The van der Waals surface area contributed by atoms with E-state index in [4.69, 9.17) is 9.84 Å². The lowest BCUT2D eigenvalue weighted by molar-refractivity contribution is -0.151. The van der Waals surface area contributed by atoms with Gasteiger partial charge in [0, 0.05) is 6.42 Å². The van der Waals surface area contributed by atoms with Crippen LogP contribution in [0.2, 0.25) is 0 Å². The standard InChI is InChI=1S/C7H12O3/c1-2-7(5-8)4-3-6(9)10-7/h8H,2-5H2,1H3. The van der Waals surface area contributed by atoms with Crippen LogP contribution in [-0.2, 0) is 9.53 Å². The number of aliphatic hydroxyl groups excluding tert-OH is 1. The Bertz CT molecular complexity index is 138. The van der Waals surface area contributed by atoms with Gasteiger partial charge < -0.3 is 9.84 Å². The fourth-order valence-electron chi connectivity index (χ4n) is 1.15. The van der Waals surface area contributed by atoms with E-state index in [9.17, 15) is 4.79 Å². The largest absolute Gasteiger partial charge is 0.457 e. The average molecular weight is 144 g/mol. The third-order valence-electron chi connectivity index (χ3n) is 2.05. The lowest BCUT2D eigenvalue weighted by Gasteiger charge is -2.22. The molecule has 0 radical (unpaired) electrons.